The van der Waals surface area contributed by atoms with Crippen molar-refractivity contribution in [2.45, 2.75) is 55.7 Å². The lowest BCUT2D eigenvalue weighted by Gasteiger charge is -2.32. The minimum Gasteiger partial charge on any atom is -0.386 e. The van der Waals surface area contributed by atoms with Crippen molar-refractivity contribution in [1.82, 2.24) is 10.3 Å². The van der Waals surface area contributed by atoms with Crippen LogP contribution >= 0.6 is 0 Å². The maximum Gasteiger partial charge on any atom is 0.123 e. The van der Waals surface area contributed by atoms with E-state index in [1.165, 1.54) is 17.7 Å². The number of aliphatic hydroxyl groups is 1. The zero-order valence-corrected chi connectivity index (χ0v) is 13.7. The number of hydrogen-bond acceptors (Lipinski definition) is 3. The van der Waals surface area contributed by atoms with Crippen LogP contribution in [0.15, 0.2) is 48.8 Å². The fourth-order valence-corrected chi connectivity index (χ4v) is 4.53. The normalized spacial score (nSPS) is 29.8. The van der Waals surface area contributed by atoms with Gasteiger partial charge in [0, 0.05) is 23.5 Å². The van der Waals surface area contributed by atoms with Gasteiger partial charge in [0.15, 0.2) is 0 Å². The van der Waals surface area contributed by atoms with E-state index in [2.05, 4.69) is 16.4 Å². The molecule has 1 atom stereocenters. The SMILES string of the molecule is O[C@H](c1cccc(F)c1)C12CCC(CCc3cccnc3)(CC1)N2. The Balaban J connectivity index is 1.48. The topological polar surface area (TPSA) is 45.2 Å². The van der Waals surface area contributed by atoms with E-state index in [-0.39, 0.29) is 16.9 Å². The molecule has 2 saturated heterocycles. The van der Waals surface area contributed by atoms with E-state index in [0.717, 1.165) is 38.5 Å². The highest BCUT2D eigenvalue weighted by molar-refractivity contribution is 5.27. The van der Waals surface area contributed by atoms with Crippen LogP contribution in [0.5, 0.6) is 0 Å². The zero-order chi connectivity index (χ0) is 16.6. The van der Waals surface area contributed by atoms with Crippen molar-refractivity contribution in [2.24, 2.45) is 0 Å². The highest BCUT2D eigenvalue weighted by atomic mass is 19.1. The first-order valence-electron chi connectivity index (χ1n) is 8.73. The molecule has 3 nitrogen and oxygen atoms in total. The minimum absolute atomic E-state index is 0.101. The molecule has 2 bridgehead atoms. The first kappa shape index (κ1) is 15.7. The van der Waals surface area contributed by atoms with Crippen molar-refractivity contribution in [1.29, 1.82) is 0 Å². The fourth-order valence-electron chi connectivity index (χ4n) is 4.53. The Hall–Kier alpha value is -1.78. The van der Waals surface area contributed by atoms with Crippen molar-refractivity contribution in [3.05, 3.63) is 65.7 Å². The van der Waals surface area contributed by atoms with E-state index >= 15 is 0 Å². The molecule has 1 aromatic heterocycles. The summed E-state index contributed by atoms with van der Waals surface area (Å²) in [5.41, 5.74) is 1.73. The van der Waals surface area contributed by atoms with E-state index in [1.54, 1.807) is 12.3 Å². The van der Waals surface area contributed by atoms with Gasteiger partial charge in [0.05, 0.1) is 6.10 Å². The summed E-state index contributed by atoms with van der Waals surface area (Å²) in [5, 5.41) is 14.6. The molecule has 2 aliphatic rings. The third-order valence-corrected chi connectivity index (χ3v) is 5.92. The van der Waals surface area contributed by atoms with Crippen molar-refractivity contribution in [3.63, 3.8) is 0 Å². The molecule has 0 spiro atoms. The largest absolute Gasteiger partial charge is 0.386 e. The minimum atomic E-state index is -0.657. The predicted molar refractivity (Wildman–Crippen MR) is 91.0 cm³/mol. The van der Waals surface area contributed by atoms with Crippen LogP contribution in [-0.4, -0.2) is 21.2 Å². The van der Waals surface area contributed by atoms with Gasteiger partial charge in [-0.15, -0.1) is 0 Å². The lowest BCUT2D eigenvalue weighted by molar-refractivity contribution is 0.0733. The number of hydrogen-bond donors (Lipinski definition) is 2. The second-order valence-electron chi connectivity index (χ2n) is 7.38. The number of benzene rings is 1. The summed E-state index contributed by atoms with van der Waals surface area (Å²) in [6.07, 6.45) is 9.13. The lowest BCUT2D eigenvalue weighted by atomic mass is 9.76. The van der Waals surface area contributed by atoms with E-state index in [0.29, 0.717) is 5.56 Å². The number of nitrogens with zero attached hydrogens (tertiary/aromatic N) is 1. The molecular weight excluding hydrogens is 303 g/mol. The molecule has 2 N–H and O–H groups in total. The lowest BCUT2D eigenvalue weighted by Crippen LogP contribution is -2.46. The molecule has 0 aliphatic carbocycles. The number of halogens is 1. The summed E-state index contributed by atoms with van der Waals surface area (Å²) in [7, 11) is 0. The first-order chi connectivity index (χ1) is 11.6. The summed E-state index contributed by atoms with van der Waals surface area (Å²) >= 11 is 0. The van der Waals surface area contributed by atoms with Crippen molar-refractivity contribution >= 4 is 0 Å². The van der Waals surface area contributed by atoms with Crippen LogP contribution in [0.1, 0.15) is 49.3 Å². The van der Waals surface area contributed by atoms with Crippen LogP contribution in [0, 0.1) is 5.82 Å². The maximum atomic E-state index is 13.5. The molecule has 24 heavy (non-hydrogen) atoms. The molecular formula is C20H23FN2O. The van der Waals surface area contributed by atoms with Gasteiger partial charge in [-0.25, -0.2) is 4.39 Å². The van der Waals surface area contributed by atoms with Gasteiger partial charge in [0.1, 0.15) is 5.82 Å². The highest BCUT2D eigenvalue weighted by Gasteiger charge is 2.56. The number of rotatable bonds is 5. The summed E-state index contributed by atoms with van der Waals surface area (Å²) in [6.45, 7) is 0. The molecule has 2 aliphatic heterocycles. The standard InChI is InChI=1S/C20H23FN2O/c21-17-5-1-4-16(13-17)18(24)20-10-8-19(23-20,9-11-20)7-6-15-3-2-12-22-14-15/h1-5,12-14,18,23-24H,6-11H2/t18-,19?,20?/m1/s1. The number of fused-ring (bicyclic) bond motifs is 2. The van der Waals surface area contributed by atoms with Crippen molar-refractivity contribution in [3.8, 4) is 0 Å². The van der Waals surface area contributed by atoms with Gasteiger partial charge in [-0.05, 0) is 67.9 Å². The molecule has 2 fully saturated rings. The monoisotopic (exact) mass is 326 g/mol. The van der Waals surface area contributed by atoms with Gasteiger partial charge in [0.2, 0.25) is 0 Å². The summed E-state index contributed by atoms with van der Waals surface area (Å²) < 4.78 is 13.5. The average Bonchev–Trinajstić information content (AvgIpc) is 3.18. The smallest absolute Gasteiger partial charge is 0.123 e. The molecule has 2 aromatic rings. The summed E-state index contributed by atoms with van der Waals surface area (Å²) in [5.74, 6) is -0.290. The van der Waals surface area contributed by atoms with Crippen LogP contribution in [0.4, 0.5) is 4.39 Å². The van der Waals surface area contributed by atoms with E-state index in [4.69, 9.17) is 0 Å². The Kier molecular flexibility index (Phi) is 3.89. The predicted octanol–water partition coefficient (Wildman–Crippen LogP) is 3.54. The number of nitrogens with one attached hydrogen (secondary N) is 1. The Morgan fingerprint density at radius 1 is 1.17 bits per heavy atom. The molecule has 4 heteroatoms. The van der Waals surface area contributed by atoms with Crippen molar-refractivity contribution in [2.75, 3.05) is 0 Å². The fraction of sp³-hybridized carbons (Fsp3) is 0.450. The van der Waals surface area contributed by atoms with Crippen LogP contribution in [-0.2, 0) is 6.42 Å². The molecule has 1 aromatic carbocycles. The second kappa shape index (κ2) is 5.94. The zero-order valence-electron chi connectivity index (χ0n) is 13.7. The van der Waals surface area contributed by atoms with Gasteiger partial charge in [-0.1, -0.05) is 18.2 Å². The number of aliphatic hydroxyl groups excluding tert-OH is 1. The van der Waals surface area contributed by atoms with Crippen LogP contribution < -0.4 is 5.32 Å². The molecule has 0 radical (unpaired) electrons. The third kappa shape index (κ3) is 2.74. The van der Waals surface area contributed by atoms with E-state index < -0.39 is 6.10 Å². The Bertz CT molecular complexity index is 711. The average molecular weight is 326 g/mol. The summed E-state index contributed by atoms with van der Waals surface area (Å²) in [4.78, 5) is 4.18. The van der Waals surface area contributed by atoms with E-state index in [1.807, 2.05) is 18.3 Å². The van der Waals surface area contributed by atoms with Gasteiger partial charge in [0.25, 0.3) is 0 Å². The molecule has 0 unspecified atom stereocenters. The Morgan fingerprint density at radius 2 is 2.00 bits per heavy atom. The van der Waals surface area contributed by atoms with Crippen LogP contribution in [0.3, 0.4) is 0 Å². The number of aromatic nitrogens is 1. The molecule has 126 valence electrons. The second-order valence-corrected chi connectivity index (χ2v) is 7.38. The third-order valence-electron chi connectivity index (χ3n) is 5.92. The quantitative estimate of drug-likeness (QED) is 0.883. The van der Waals surface area contributed by atoms with E-state index in [9.17, 15) is 9.50 Å². The van der Waals surface area contributed by atoms with Gasteiger partial charge in [-0.2, -0.15) is 0 Å². The Morgan fingerprint density at radius 3 is 2.71 bits per heavy atom. The van der Waals surface area contributed by atoms with Gasteiger partial charge in [-0.3, -0.25) is 4.98 Å². The molecule has 0 amide bonds. The maximum absolute atomic E-state index is 13.5. The highest BCUT2D eigenvalue weighted by Crippen LogP contribution is 2.52. The Labute approximate surface area is 141 Å². The summed E-state index contributed by atoms with van der Waals surface area (Å²) in [6, 6.07) is 10.4. The van der Waals surface area contributed by atoms with Crippen LogP contribution in [0.25, 0.3) is 0 Å². The number of aryl methyl sites for hydroxylation is 1. The number of pyridine rings is 1. The first-order valence-corrected chi connectivity index (χ1v) is 8.73. The van der Waals surface area contributed by atoms with Gasteiger partial charge >= 0.3 is 0 Å². The molecule has 3 heterocycles. The van der Waals surface area contributed by atoms with Gasteiger partial charge < -0.3 is 10.4 Å². The molecule has 4 rings (SSSR count). The van der Waals surface area contributed by atoms with Crippen LogP contribution in [0.2, 0.25) is 0 Å². The molecule has 0 saturated carbocycles. The van der Waals surface area contributed by atoms with Crippen molar-refractivity contribution < 1.29 is 9.50 Å².